The van der Waals surface area contributed by atoms with Crippen LogP contribution < -0.4 is 11.5 Å². The van der Waals surface area contributed by atoms with Crippen molar-refractivity contribution in [1.29, 1.82) is 0 Å². The maximum absolute atomic E-state index is 5.16. The quantitative estimate of drug-likeness (QED) is 0.465. The van der Waals surface area contributed by atoms with Crippen molar-refractivity contribution in [2.75, 3.05) is 0 Å². The van der Waals surface area contributed by atoms with Crippen LogP contribution in [0.5, 0.6) is 0 Å². The number of guanidine groups is 1. The topological polar surface area (TPSA) is 94.6 Å². The van der Waals surface area contributed by atoms with Crippen LogP contribution in [0.15, 0.2) is 52.9 Å². The second kappa shape index (κ2) is 5.62. The van der Waals surface area contributed by atoms with Crippen molar-refractivity contribution in [1.82, 2.24) is 9.78 Å². The van der Waals surface area contributed by atoms with Gasteiger partial charge in [0.15, 0.2) is 0 Å². The van der Waals surface area contributed by atoms with Gasteiger partial charge in [-0.1, -0.05) is 30.3 Å². The Morgan fingerprint density at radius 3 is 2.78 bits per heavy atom. The average molecular weight is 242 g/mol. The Balaban J connectivity index is 2.03. The molecule has 0 fully saturated rings. The molecule has 2 aromatic rings. The van der Waals surface area contributed by atoms with Crippen LogP contribution in [0.1, 0.15) is 11.1 Å². The van der Waals surface area contributed by atoms with Crippen molar-refractivity contribution in [2.45, 2.75) is 6.54 Å². The zero-order chi connectivity index (χ0) is 12.8. The lowest BCUT2D eigenvalue weighted by Gasteiger charge is -2.00. The third-order valence-corrected chi connectivity index (χ3v) is 2.22. The first-order valence-corrected chi connectivity index (χ1v) is 5.42. The van der Waals surface area contributed by atoms with Gasteiger partial charge in [0.1, 0.15) is 0 Å². The van der Waals surface area contributed by atoms with E-state index in [9.17, 15) is 0 Å². The van der Waals surface area contributed by atoms with Gasteiger partial charge in [0.25, 0.3) is 0 Å². The zero-order valence-electron chi connectivity index (χ0n) is 9.77. The lowest BCUT2D eigenvalue weighted by molar-refractivity contribution is 0.687. The molecule has 1 aromatic carbocycles. The second-order valence-corrected chi connectivity index (χ2v) is 3.73. The third kappa shape index (κ3) is 3.44. The van der Waals surface area contributed by atoms with E-state index >= 15 is 0 Å². The highest BCUT2D eigenvalue weighted by molar-refractivity contribution is 5.80. The van der Waals surface area contributed by atoms with E-state index in [2.05, 4.69) is 27.4 Å². The highest BCUT2D eigenvalue weighted by Gasteiger charge is 1.97. The molecule has 92 valence electrons. The minimum Gasteiger partial charge on any atom is -0.369 e. The number of hydrogen-bond donors (Lipinski definition) is 2. The van der Waals surface area contributed by atoms with Gasteiger partial charge in [-0.25, -0.2) is 0 Å². The molecule has 0 aliphatic rings. The van der Waals surface area contributed by atoms with Crippen LogP contribution in [0.25, 0.3) is 0 Å². The Labute approximate surface area is 105 Å². The monoisotopic (exact) mass is 242 g/mol. The molecule has 0 unspecified atom stereocenters. The van der Waals surface area contributed by atoms with Gasteiger partial charge in [0, 0.05) is 11.8 Å². The highest BCUT2D eigenvalue weighted by Crippen LogP contribution is 2.02. The van der Waals surface area contributed by atoms with Crippen LogP contribution in [-0.4, -0.2) is 22.0 Å². The summed E-state index contributed by atoms with van der Waals surface area (Å²) in [4.78, 5) is 0. The van der Waals surface area contributed by atoms with E-state index in [4.69, 9.17) is 11.5 Å². The fraction of sp³-hybridized carbons (Fsp3) is 0.0833. The predicted molar refractivity (Wildman–Crippen MR) is 71.2 cm³/mol. The second-order valence-electron chi connectivity index (χ2n) is 3.73. The van der Waals surface area contributed by atoms with Crippen LogP contribution in [0, 0.1) is 0 Å². The summed E-state index contributed by atoms with van der Waals surface area (Å²) in [5.41, 5.74) is 12.3. The SMILES string of the molecule is NC(N)=N/N=C/c1cnn(Cc2ccccc2)c1. The number of benzene rings is 1. The minimum atomic E-state index is -0.0667. The van der Waals surface area contributed by atoms with E-state index in [1.165, 1.54) is 5.56 Å². The van der Waals surface area contributed by atoms with E-state index in [1.807, 2.05) is 29.1 Å². The van der Waals surface area contributed by atoms with Gasteiger partial charge in [0.2, 0.25) is 5.96 Å². The van der Waals surface area contributed by atoms with Gasteiger partial charge in [-0.3, -0.25) is 4.68 Å². The highest BCUT2D eigenvalue weighted by atomic mass is 15.3. The molecule has 0 spiro atoms. The maximum atomic E-state index is 5.16. The molecule has 0 atom stereocenters. The molecule has 4 N–H and O–H groups in total. The van der Waals surface area contributed by atoms with E-state index in [1.54, 1.807) is 12.4 Å². The summed E-state index contributed by atoms with van der Waals surface area (Å²) in [5.74, 6) is -0.0667. The van der Waals surface area contributed by atoms with Crippen molar-refractivity contribution in [3.8, 4) is 0 Å². The van der Waals surface area contributed by atoms with E-state index in [-0.39, 0.29) is 5.96 Å². The van der Waals surface area contributed by atoms with Crippen molar-refractivity contribution in [2.24, 2.45) is 21.7 Å². The fourth-order valence-corrected chi connectivity index (χ4v) is 1.47. The van der Waals surface area contributed by atoms with Crippen LogP contribution >= 0.6 is 0 Å². The molecule has 2 rings (SSSR count). The molecule has 1 heterocycles. The summed E-state index contributed by atoms with van der Waals surface area (Å²) in [7, 11) is 0. The third-order valence-electron chi connectivity index (χ3n) is 2.22. The summed E-state index contributed by atoms with van der Waals surface area (Å²) in [6, 6.07) is 10.1. The minimum absolute atomic E-state index is 0.0667. The van der Waals surface area contributed by atoms with Gasteiger partial charge >= 0.3 is 0 Å². The molecular formula is C12H14N6. The Morgan fingerprint density at radius 1 is 1.28 bits per heavy atom. The van der Waals surface area contributed by atoms with E-state index < -0.39 is 0 Å². The molecule has 6 nitrogen and oxygen atoms in total. The molecule has 0 bridgehead atoms. The van der Waals surface area contributed by atoms with Gasteiger partial charge < -0.3 is 11.5 Å². The molecule has 0 radical (unpaired) electrons. The molecule has 18 heavy (non-hydrogen) atoms. The van der Waals surface area contributed by atoms with E-state index in [0.717, 1.165) is 12.1 Å². The van der Waals surface area contributed by atoms with Gasteiger partial charge in [-0.15, -0.1) is 5.10 Å². The molecule has 0 amide bonds. The lowest BCUT2D eigenvalue weighted by Crippen LogP contribution is -2.21. The molecule has 1 aromatic heterocycles. The average Bonchev–Trinajstić information content (AvgIpc) is 2.78. The number of hydrogen-bond acceptors (Lipinski definition) is 3. The van der Waals surface area contributed by atoms with Gasteiger partial charge in [-0.2, -0.15) is 10.2 Å². The first-order valence-electron chi connectivity index (χ1n) is 5.42. The largest absolute Gasteiger partial charge is 0.369 e. The maximum Gasteiger partial charge on any atom is 0.211 e. The normalized spacial score (nSPS) is 10.7. The van der Waals surface area contributed by atoms with Crippen molar-refractivity contribution in [3.63, 3.8) is 0 Å². The van der Waals surface area contributed by atoms with Crippen LogP contribution in [0.4, 0.5) is 0 Å². The Bertz CT molecular complexity index is 551. The standard InChI is InChI=1S/C12H14N6/c13-12(14)17-15-6-11-7-16-18(9-11)8-10-4-2-1-3-5-10/h1-7,9H,8H2,(H4,13,14,17)/b15-6+. The zero-order valence-corrected chi connectivity index (χ0v) is 9.77. The summed E-state index contributed by atoms with van der Waals surface area (Å²) in [6.45, 7) is 0.719. The fourth-order valence-electron chi connectivity index (χ4n) is 1.47. The Hall–Kier alpha value is -2.63. The molecular weight excluding hydrogens is 228 g/mol. The summed E-state index contributed by atoms with van der Waals surface area (Å²) >= 11 is 0. The first kappa shape index (κ1) is 11.8. The van der Waals surface area contributed by atoms with Crippen molar-refractivity contribution in [3.05, 3.63) is 53.9 Å². The smallest absolute Gasteiger partial charge is 0.211 e. The van der Waals surface area contributed by atoms with Crippen LogP contribution in [0.3, 0.4) is 0 Å². The number of nitrogens with zero attached hydrogens (tertiary/aromatic N) is 4. The van der Waals surface area contributed by atoms with E-state index in [0.29, 0.717) is 0 Å². The lowest BCUT2D eigenvalue weighted by atomic mass is 10.2. The molecule has 6 heteroatoms. The summed E-state index contributed by atoms with van der Waals surface area (Å²) in [5, 5.41) is 11.5. The summed E-state index contributed by atoms with van der Waals surface area (Å²) in [6.07, 6.45) is 5.13. The van der Waals surface area contributed by atoms with Gasteiger partial charge in [-0.05, 0) is 5.56 Å². The van der Waals surface area contributed by atoms with Crippen molar-refractivity contribution >= 4 is 12.2 Å². The molecule has 0 aliphatic heterocycles. The number of rotatable bonds is 4. The first-order chi connectivity index (χ1) is 8.74. The van der Waals surface area contributed by atoms with Crippen molar-refractivity contribution < 1.29 is 0 Å². The molecule has 0 aliphatic carbocycles. The Morgan fingerprint density at radius 2 is 2.06 bits per heavy atom. The molecule has 0 saturated carbocycles. The summed E-state index contributed by atoms with van der Waals surface area (Å²) < 4.78 is 1.83. The van der Waals surface area contributed by atoms with Gasteiger partial charge in [0.05, 0.1) is 19.0 Å². The predicted octanol–water partition coefficient (Wildman–Crippen LogP) is 0.539. The number of aromatic nitrogens is 2. The number of nitrogens with two attached hydrogens (primary N) is 2. The Kier molecular flexibility index (Phi) is 3.70. The molecule has 0 saturated heterocycles. The van der Waals surface area contributed by atoms with Crippen LogP contribution in [-0.2, 0) is 6.54 Å². The van der Waals surface area contributed by atoms with Crippen LogP contribution in [0.2, 0.25) is 0 Å².